The minimum Gasteiger partial charge on any atom is -0.478 e. The van der Waals surface area contributed by atoms with Gasteiger partial charge < -0.3 is 15.0 Å². The number of thiophene rings is 1. The first-order chi connectivity index (χ1) is 14.4. The Hall–Kier alpha value is -2.43. The highest BCUT2D eigenvalue weighted by molar-refractivity contribution is 7.89. The van der Waals surface area contributed by atoms with Crippen molar-refractivity contribution in [2.45, 2.75) is 30.8 Å². The highest BCUT2D eigenvalue weighted by Crippen LogP contribution is 2.33. The molecule has 160 valence electrons. The molecule has 0 saturated carbocycles. The fraction of sp³-hybridized carbons (Fsp3) is 0.400. The van der Waals surface area contributed by atoms with Gasteiger partial charge in [-0.05, 0) is 36.1 Å². The minimum absolute atomic E-state index is 0.00798. The van der Waals surface area contributed by atoms with E-state index in [-0.39, 0.29) is 29.8 Å². The molecule has 30 heavy (non-hydrogen) atoms. The molecule has 1 aromatic carbocycles. The molecule has 4 rings (SSSR count). The summed E-state index contributed by atoms with van der Waals surface area (Å²) in [5.41, 5.74) is 0.357. The average molecular weight is 450 g/mol. The van der Waals surface area contributed by atoms with Crippen molar-refractivity contribution in [3.63, 3.8) is 0 Å². The fourth-order valence-corrected chi connectivity index (χ4v) is 5.70. The third-order valence-corrected chi connectivity index (χ3v) is 8.05. The predicted octanol–water partition coefficient (Wildman–Crippen LogP) is 1.93. The van der Waals surface area contributed by atoms with Gasteiger partial charge in [0.25, 0.3) is 5.91 Å². The summed E-state index contributed by atoms with van der Waals surface area (Å²) in [6, 6.07) is 8.33. The molecule has 2 amide bonds. The van der Waals surface area contributed by atoms with Crippen LogP contribution in [0.1, 0.15) is 18.2 Å². The molecule has 2 aliphatic heterocycles. The molecule has 8 nitrogen and oxygen atoms in total. The second-order valence-electron chi connectivity index (χ2n) is 7.20. The smallest absolute Gasteiger partial charge is 0.265 e. The summed E-state index contributed by atoms with van der Waals surface area (Å²) in [5, 5.41) is 4.65. The number of ether oxygens (including phenoxy) is 1. The van der Waals surface area contributed by atoms with E-state index in [1.807, 2.05) is 24.4 Å². The van der Waals surface area contributed by atoms with Crippen molar-refractivity contribution < 1.29 is 22.7 Å². The lowest BCUT2D eigenvalue weighted by molar-refractivity contribution is -0.131. The highest BCUT2D eigenvalue weighted by Gasteiger charge is 2.32. The van der Waals surface area contributed by atoms with Crippen LogP contribution >= 0.6 is 11.3 Å². The Bertz CT molecular complexity index is 1040. The Labute approximate surface area is 179 Å². The normalized spacial score (nSPS) is 19.7. The lowest BCUT2D eigenvalue weighted by Gasteiger charge is -2.34. The molecule has 1 unspecified atom stereocenters. The van der Waals surface area contributed by atoms with Gasteiger partial charge in [-0.15, -0.1) is 11.3 Å². The lowest BCUT2D eigenvalue weighted by Crippen LogP contribution is -2.50. The maximum Gasteiger partial charge on any atom is 0.265 e. The van der Waals surface area contributed by atoms with Crippen LogP contribution in [0, 0.1) is 0 Å². The van der Waals surface area contributed by atoms with E-state index in [9.17, 15) is 18.0 Å². The van der Waals surface area contributed by atoms with Crippen LogP contribution in [0.15, 0.2) is 40.6 Å². The maximum absolute atomic E-state index is 13.1. The Morgan fingerprint density at radius 1 is 1.23 bits per heavy atom. The SMILES string of the molecule is CCC1Oc2ccc(S(=O)(=O)N3CCN(C(=O)Cc4cccs4)CC3)cc2NC1=O. The average Bonchev–Trinajstić information content (AvgIpc) is 3.26. The highest BCUT2D eigenvalue weighted by atomic mass is 32.2. The van der Waals surface area contributed by atoms with E-state index in [2.05, 4.69) is 5.32 Å². The Morgan fingerprint density at radius 3 is 2.67 bits per heavy atom. The third kappa shape index (κ3) is 4.07. The summed E-state index contributed by atoms with van der Waals surface area (Å²) >= 11 is 1.54. The number of carbonyl (C=O) groups excluding carboxylic acids is 2. The molecule has 0 bridgehead atoms. The molecule has 1 atom stereocenters. The second-order valence-corrected chi connectivity index (χ2v) is 10.2. The number of hydrogen-bond acceptors (Lipinski definition) is 6. The number of benzene rings is 1. The van der Waals surface area contributed by atoms with Gasteiger partial charge in [0.15, 0.2) is 6.10 Å². The van der Waals surface area contributed by atoms with E-state index in [1.165, 1.54) is 27.8 Å². The zero-order valence-corrected chi connectivity index (χ0v) is 18.2. The first kappa shape index (κ1) is 20.8. The van der Waals surface area contributed by atoms with Gasteiger partial charge in [0.05, 0.1) is 17.0 Å². The van der Waals surface area contributed by atoms with Crippen molar-refractivity contribution >= 4 is 38.9 Å². The van der Waals surface area contributed by atoms with Crippen molar-refractivity contribution in [1.29, 1.82) is 0 Å². The van der Waals surface area contributed by atoms with Crippen molar-refractivity contribution in [2.24, 2.45) is 0 Å². The molecule has 1 N–H and O–H groups in total. The number of nitrogens with zero attached hydrogens (tertiary/aromatic N) is 2. The summed E-state index contributed by atoms with van der Waals surface area (Å²) in [6.45, 7) is 3.02. The predicted molar refractivity (Wildman–Crippen MR) is 113 cm³/mol. The molecule has 0 aliphatic carbocycles. The van der Waals surface area contributed by atoms with Crippen molar-refractivity contribution in [1.82, 2.24) is 9.21 Å². The summed E-state index contributed by atoms with van der Waals surface area (Å²) in [6.07, 6.45) is 0.300. The number of piperazine rings is 1. The molecule has 2 aromatic rings. The zero-order valence-electron chi connectivity index (χ0n) is 16.5. The molecule has 1 aromatic heterocycles. The van der Waals surface area contributed by atoms with Crippen LogP contribution in [-0.2, 0) is 26.0 Å². The summed E-state index contributed by atoms with van der Waals surface area (Å²) in [5.74, 6) is 0.190. The lowest BCUT2D eigenvalue weighted by atomic mass is 10.2. The molecule has 0 radical (unpaired) electrons. The van der Waals surface area contributed by atoms with Gasteiger partial charge in [-0.3, -0.25) is 9.59 Å². The molecule has 0 spiro atoms. The summed E-state index contributed by atoms with van der Waals surface area (Å²) < 4.78 is 33.2. The number of anilines is 1. The minimum atomic E-state index is -3.74. The Balaban J connectivity index is 1.43. The number of rotatable bonds is 5. The molecular formula is C20H23N3O5S2. The quantitative estimate of drug-likeness (QED) is 0.753. The van der Waals surface area contributed by atoms with E-state index in [1.54, 1.807) is 11.0 Å². The van der Waals surface area contributed by atoms with Crippen molar-refractivity contribution in [2.75, 3.05) is 31.5 Å². The first-order valence-corrected chi connectivity index (χ1v) is 12.1. The molecule has 1 saturated heterocycles. The number of amides is 2. The van der Waals surface area contributed by atoms with Crippen LogP contribution in [0.4, 0.5) is 5.69 Å². The van der Waals surface area contributed by atoms with E-state index >= 15 is 0 Å². The van der Waals surface area contributed by atoms with Gasteiger partial charge in [-0.1, -0.05) is 13.0 Å². The van der Waals surface area contributed by atoms with Crippen LogP contribution in [0.5, 0.6) is 5.75 Å². The summed E-state index contributed by atoms with van der Waals surface area (Å²) in [7, 11) is -3.74. The zero-order chi connectivity index (χ0) is 21.3. The Morgan fingerprint density at radius 2 is 2.00 bits per heavy atom. The second kappa shape index (κ2) is 8.37. The summed E-state index contributed by atoms with van der Waals surface area (Å²) in [4.78, 5) is 27.3. The van der Waals surface area contributed by atoms with Crippen molar-refractivity contribution in [3.05, 3.63) is 40.6 Å². The van der Waals surface area contributed by atoms with Crippen LogP contribution < -0.4 is 10.1 Å². The molecule has 10 heteroatoms. The van der Waals surface area contributed by atoms with Crippen LogP contribution in [0.3, 0.4) is 0 Å². The van der Waals surface area contributed by atoms with Crippen molar-refractivity contribution in [3.8, 4) is 5.75 Å². The van der Waals surface area contributed by atoms with Gasteiger partial charge in [0.1, 0.15) is 5.75 Å². The molecular weight excluding hydrogens is 426 g/mol. The molecule has 3 heterocycles. The molecule has 2 aliphatic rings. The standard InChI is InChI=1S/C20H23N3O5S2/c1-2-17-20(25)21-16-13-15(5-6-18(16)28-17)30(26,27)23-9-7-22(8-10-23)19(24)12-14-4-3-11-29-14/h3-6,11,13,17H,2,7-10,12H2,1H3,(H,21,25). The largest absolute Gasteiger partial charge is 0.478 e. The Kier molecular flexibility index (Phi) is 5.81. The van der Waals surface area contributed by atoms with Gasteiger partial charge in [0, 0.05) is 31.1 Å². The number of sulfonamides is 1. The van der Waals surface area contributed by atoms with Gasteiger partial charge in [-0.2, -0.15) is 4.31 Å². The number of hydrogen-bond donors (Lipinski definition) is 1. The number of fused-ring (bicyclic) bond motifs is 1. The van der Waals surface area contributed by atoms with Crippen LogP contribution in [-0.4, -0.2) is 61.7 Å². The molecule has 1 fully saturated rings. The topological polar surface area (TPSA) is 96.0 Å². The van der Waals surface area contributed by atoms with E-state index < -0.39 is 16.1 Å². The third-order valence-electron chi connectivity index (χ3n) is 5.28. The van der Waals surface area contributed by atoms with E-state index in [4.69, 9.17) is 4.74 Å². The first-order valence-electron chi connectivity index (χ1n) is 9.80. The van der Waals surface area contributed by atoms with Crippen LogP contribution in [0.25, 0.3) is 0 Å². The fourth-order valence-electron chi connectivity index (χ4n) is 3.56. The van der Waals surface area contributed by atoms with E-state index in [0.29, 0.717) is 37.4 Å². The number of carbonyl (C=O) groups is 2. The number of nitrogens with one attached hydrogen (secondary N) is 1. The van der Waals surface area contributed by atoms with Gasteiger partial charge >= 0.3 is 0 Å². The van der Waals surface area contributed by atoms with E-state index in [0.717, 1.165) is 4.88 Å². The maximum atomic E-state index is 13.1. The van der Waals surface area contributed by atoms with Crippen LogP contribution in [0.2, 0.25) is 0 Å². The monoisotopic (exact) mass is 449 g/mol. The van der Waals surface area contributed by atoms with Gasteiger partial charge in [-0.25, -0.2) is 8.42 Å². The van der Waals surface area contributed by atoms with Gasteiger partial charge in [0.2, 0.25) is 15.9 Å².